The zero-order valence-corrected chi connectivity index (χ0v) is 9.75. The molecule has 3 nitrogen and oxygen atoms in total. The lowest BCUT2D eigenvalue weighted by atomic mass is 10.2. The van der Waals surface area contributed by atoms with Crippen molar-refractivity contribution in [3.8, 4) is 0 Å². The van der Waals surface area contributed by atoms with E-state index in [2.05, 4.69) is 10.3 Å². The summed E-state index contributed by atoms with van der Waals surface area (Å²) in [5, 5.41) is 2.65. The van der Waals surface area contributed by atoms with Gasteiger partial charge in [-0.15, -0.1) is 0 Å². The largest absolute Gasteiger partial charge is 0.382 e. The minimum atomic E-state index is -1.20. The standard InChI is InChI=1S/C12H12F3N3/c1-18-5-4-17-11(18)2-3-16-10-7-8(13)6-9(14)12(10)15/h4-7,16H,2-3H2,1H3. The second kappa shape index (κ2) is 5.12. The van der Waals surface area contributed by atoms with Gasteiger partial charge in [0.2, 0.25) is 0 Å². The number of anilines is 1. The Morgan fingerprint density at radius 2 is 2.06 bits per heavy atom. The maximum Gasteiger partial charge on any atom is 0.182 e. The smallest absolute Gasteiger partial charge is 0.182 e. The molecule has 0 atom stereocenters. The number of rotatable bonds is 4. The zero-order chi connectivity index (χ0) is 13.1. The minimum Gasteiger partial charge on any atom is -0.382 e. The third-order valence-corrected chi connectivity index (χ3v) is 2.58. The predicted molar refractivity (Wildman–Crippen MR) is 61.7 cm³/mol. The summed E-state index contributed by atoms with van der Waals surface area (Å²) in [6.45, 7) is 0.338. The van der Waals surface area contributed by atoms with Crippen LogP contribution in [-0.2, 0) is 13.5 Å². The summed E-state index contributed by atoms with van der Waals surface area (Å²) in [5.74, 6) is -2.28. The predicted octanol–water partition coefficient (Wildman–Crippen LogP) is 2.49. The minimum absolute atomic E-state index is 0.179. The number of aromatic nitrogens is 2. The van der Waals surface area contributed by atoms with Gasteiger partial charge in [-0.3, -0.25) is 0 Å². The zero-order valence-electron chi connectivity index (χ0n) is 9.75. The molecular weight excluding hydrogens is 243 g/mol. The van der Waals surface area contributed by atoms with Gasteiger partial charge < -0.3 is 9.88 Å². The van der Waals surface area contributed by atoms with E-state index in [9.17, 15) is 13.2 Å². The number of benzene rings is 1. The van der Waals surface area contributed by atoms with Gasteiger partial charge in [-0.25, -0.2) is 18.2 Å². The number of hydrogen-bond donors (Lipinski definition) is 1. The normalized spacial score (nSPS) is 10.7. The molecule has 0 bridgehead atoms. The fourth-order valence-corrected chi connectivity index (χ4v) is 1.63. The molecule has 1 aromatic carbocycles. The molecule has 0 saturated carbocycles. The Hall–Kier alpha value is -1.98. The van der Waals surface area contributed by atoms with Gasteiger partial charge in [0.1, 0.15) is 11.6 Å². The molecule has 2 aromatic rings. The van der Waals surface area contributed by atoms with E-state index < -0.39 is 17.5 Å². The highest BCUT2D eigenvalue weighted by atomic mass is 19.2. The summed E-state index contributed by atoms with van der Waals surface area (Å²) < 4.78 is 41.0. The van der Waals surface area contributed by atoms with Gasteiger partial charge in [0.05, 0.1) is 5.69 Å². The Morgan fingerprint density at radius 1 is 1.28 bits per heavy atom. The van der Waals surface area contributed by atoms with Gasteiger partial charge in [-0.1, -0.05) is 0 Å². The second-order valence-electron chi connectivity index (χ2n) is 3.88. The molecule has 0 aliphatic carbocycles. The van der Waals surface area contributed by atoms with E-state index in [-0.39, 0.29) is 5.69 Å². The van der Waals surface area contributed by atoms with Crippen LogP contribution in [0.3, 0.4) is 0 Å². The van der Waals surface area contributed by atoms with E-state index in [1.807, 2.05) is 11.6 Å². The molecule has 0 unspecified atom stereocenters. The van der Waals surface area contributed by atoms with Crippen molar-refractivity contribution in [3.63, 3.8) is 0 Å². The first-order valence-electron chi connectivity index (χ1n) is 5.42. The van der Waals surface area contributed by atoms with Crippen LogP contribution in [0.1, 0.15) is 5.82 Å². The van der Waals surface area contributed by atoms with E-state index in [1.54, 1.807) is 12.4 Å². The van der Waals surface area contributed by atoms with E-state index in [4.69, 9.17) is 0 Å². The lowest BCUT2D eigenvalue weighted by Gasteiger charge is -2.08. The molecule has 0 aliphatic heterocycles. The highest BCUT2D eigenvalue weighted by Gasteiger charge is 2.10. The van der Waals surface area contributed by atoms with E-state index in [0.29, 0.717) is 19.0 Å². The first-order chi connectivity index (χ1) is 8.58. The molecular formula is C12H12F3N3. The van der Waals surface area contributed by atoms with E-state index in [0.717, 1.165) is 11.9 Å². The number of halogens is 3. The molecule has 96 valence electrons. The van der Waals surface area contributed by atoms with Crippen LogP contribution in [0, 0.1) is 17.5 Å². The molecule has 6 heteroatoms. The van der Waals surface area contributed by atoms with Crippen molar-refractivity contribution in [3.05, 3.63) is 47.8 Å². The van der Waals surface area contributed by atoms with E-state index >= 15 is 0 Å². The van der Waals surface area contributed by atoms with Crippen LogP contribution < -0.4 is 5.32 Å². The Morgan fingerprint density at radius 3 is 2.72 bits per heavy atom. The summed E-state index contributed by atoms with van der Waals surface area (Å²) in [6, 6.07) is 1.44. The first-order valence-corrected chi connectivity index (χ1v) is 5.42. The number of nitrogens with zero attached hydrogens (tertiary/aromatic N) is 2. The molecule has 1 heterocycles. The average Bonchev–Trinajstić information content (AvgIpc) is 2.71. The molecule has 0 spiro atoms. The monoisotopic (exact) mass is 255 g/mol. The van der Waals surface area contributed by atoms with Crippen LogP contribution >= 0.6 is 0 Å². The van der Waals surface area contributed by atoms with Crippen molar-refractivity contribution in [1.29, 1.82) is 0 Å². The van der Waals surface area contributed by atoms with Crippen molar-refractivity contribution in [2.45, 2.75) is 6.42 Å². The van der Waals surface area contributed by atoms with Gasteiger partial charge in [0, 0.05) is 44.5 Å². The molecule has 18 heavy (non-hydrogen) atoms. The van der Waals surface area contributed by atoms with Crippen LogP contribution in [-0.4, -0.2) is 16.1 Å². The van der Waals surface area contributed by atoms with Crippen LogP contribution in [0.2, 0.25) is 0 Å². The fraction of sp³-hybridized carbons (Fsp3) is 0.250. The Bertz CT molecular complexity index is 551. The Labute approximate surface area is 102 Å². The molecule has 1 aromatic heterocycles. The van der Waals surface area contributed by atoms with Gasteiger partial charge in [0.25, 0.3) is 0 Å². The highest BCUT2D eigenvalue weighted by molar-refractivity contribution is 5.45. The van der Waals surface area contributed by atoms with Gasteiger partial charge in [-0.05, 0) is 0 Å². The molecule has 0 radical (unpaired) electrons. The number of nitrogens with one attached hydrogen (secondary N) is 1. The van der Waals surface area contributed by atoms with Crippen LogP contribution in [0.25, 0.3) is 0 Å². The van der Waals surface area contributed by atoms with Crippen LogP contribution in [0.15, 0.2) is 24.5 Å². The molecule has 0 aliphatic rings. The third-order valence-electron chi connectivity index (χ3n) is 2.58. The van der Waals surface area contributed by atoms with Gasteiger partial charge in [-0.2, -0.15) is 0 Å². The van der Waals surface area contributed by atoms with Gasteiger partial charge >= 0.3 is 0 Å². The summed E-state index contributed by atoms with van der Waals surface area (Å²) >= 11 is 0. The van der Waals surface area contributed by atoms with Crippen molar-refractivity contribution in [1.82, 2.24) is 9.55 Å². The maximum atomic E-state index is 13.3. The summed E-state index contributed by atoms with van der Waals surface area (Å²) in [5.41, 5.74) is -0.179. The summed E-state index contributed by atoms with van der Waals surface area (Å²) in [7, 11) is 1.84. The number of hydrogen-bond acceptors (Lipinski definition) is 2. The summed E-state index contributed by atoms with van der Waals surface area (Å²) in [6.07, 6.45) is 3.97. The molecule has 1 N–H and O–H groups in total. The molecule has 2 rings (SSSR count). The van der Waals surface area contributed by atoms with Crippen molar-refractivity contribution in [2.75, 3.05) is 11.9 Å². The quantitative estimate of drug-likeness (QED) is 0.851. The third kappa shape index (κ3) is 2.64. The van der Waals surface area contributed by atoms with E-state index in [1.165, 1.54) is 0 Å². The topological polar surface area (TPSA) is 29.9 Å². The van der Waals surface area contributed by atoms with Crippen LogP contribution in [0.4, 0.5) is 18.9 Å². The van der Waals surface area contributed by atoms with Crippen molar-refractivity contribution >= 4 is 5.69 Å². The molecule has 0 fully saturated rings. The highest BCUT2D eigenvalue weighted by Crippen LogP contribution is 2.18. The van der Waals surface area contributed by atoms with Crippen molar-refractivity contribution < 1.29 is 13.2 Å². The van der Waals surface area contributed by atoms with Crippen molar-refractivity contribution in [2.24, 2.45) is 7.05 Å². The molecule has 0 amide bonds. The van der Waals surface area contributed by atoms with Crippen LogP contribution in [0.5, 0.6) is 0 Å². The number of aryl methyl sites for hydroxylation is 1. The SMILES string of the molecule is Cn1ccnc1CCNc1cc(F)cc(F)c1F. The second-order valence-corrected chi connectivity index (χ2v) is 3.88. The lowest BCUT2D eigenvalue weighted by molar-refractivity contribution is 0.497. The maximum absolute atomic E-state index is 13.3. The average molecular weight is 255 g/mol. The Kier molecular flexibility index (Phi) is 3.55. The lowest BCUT2D eigenvalue weighted by Crippen LogP contribution is -2.10. The Balaban J connectivity index is 2.01. The first kappa shape index (κ1) is 12.5. The number of imidazole rings is 1. The molecule has 0 saturated heterocycles. The van der Waals surface area contributed by atoms with Gasteiger partial charge in [0.15, 0.2) is 11.6 Å². The fourth-order valence-electron chi connectivity index (χ4n) is 1.63. The summed E-state index contributed by atoms with van der Waals surface area (Å²) in [4.78, 5) is 4.09.